The largest absolute Gasteiger partial charge is 0.482 e. The van der Waals surface area contributed by atoms with E-state index in [9.17, 15) is 4.39 Å². The number of para-hydroxylation sites is 1. The highest BCUT2D eigenvalue weighted by atomic mass is 19.1. The summed E-state index contributed by atoms with van der Waals surface area (Å²) >= 11 is 0. The third kappa shape index (κ3) is 2.38. The van der Waals surface area contributed by atoms with Gasteiger partial charge in [0.25, 0.3) is 0 Å². The van der Waals surface area contributed by atoms with Crippen molar-refractivity contribution in [3.8, 4) is 5.75 Å². The zero-order valence-corrected chi connectivity index (χ0v) is 8.39. The molecule has 0 aliphatic heterocycles. The molecular formula is C11H10FNO3. The summed E-state index contributed by atoms with van der Waals surface area (Å²) in [5.74, 6) is 0.168. The average Bonchev–Trinajstić information content (AvgIpc) is 2.76. The first-order valence-electron chi connectivity index (χ1n) is 4.72. The van der Waals surface area contributed by atoms with Gasteiger partial charge in [-0.15, -0.1) is 0 Å². The Kier molecular flexibility index (Phi) is 3.16. The van der Waals surface area contributed by atoms with Crippen LogP contribution in [0.15, 0.2) is 34.9 Å². The van der Waals surface area contributed by atoms with Crippen LogP contribution in [0.3, 0.4) is 0 Å². The van der Waals surface area contributed by atoms with Gasteiger partial charge in [0.05, 0.1) is 6.61 Å². The molecule has 0 saturated carbocycles. The summed E-state index contributed by atoms with van der Waals surface area (Å²) in [7, 11) is 0. The number of ether oxygens (including phenoxy) is 1. The minimum Gasteiger partial charge on any atom is -0.482 e. The SMILES string of the molecule is OCc1cc(COc2ccccc2F)on1. The van der Waals surface area contributed by atoms with E-state index >= 15 is 0 Å². The summed E-state index contributed by atoms with van der Waals surface area (Å²) < 4.78 is 23.2. The molecule has 2 rings (SSSR count). The Hall–Kier alpha value is -1.88. The van der Waals surface area contributed by atoms with Crippen LogP contribution in [0, 0.1) is 5.82 Å². The Labute approximate surface area is 91.3 Å². The summed E-state index contributed by atoms with van der Waals surface area (Å²) in [6.07, 6.45) is 0. The maximum absolute atomic E-state index is 13.2. The maximum Gasteiger partial charge on any atom is 0.174 e. The molecule has 0 aliphatic rings. The number of benzene rings is 1. The lowest BCUT2D eigenvalue weighted by Gasteiger charge is -2.03. The molecule has 16 heavy (non-hydrogen) atoms. The van der Waals surface area contributed by atoms with Crippen LogP contribution in [0.4, 0.5) is 4.39 Å². The molecule has 0 unspecified atom stereocenters. The van der Waals surface area contributed by atoms with Crippen LogP contribution in [0.5, 0.6) is 5.75 Å². The third-order valence-corrected chi connectivity index (χ3v) is 1.98. The molecule has 0 fully saturated rings. The number of hydrogen-bond acceptors (Lipinski definition) is 4. The number of hydrogen-bond donors (Lipinski definition) is 1. The zero-order chi connectivity index (χ0) is 11.4. The zero-order valence-electron chi connectivity index (χ0n) is 8.39. The van der Waals surface area contributed by atoms with E-state index in [0.29, 0.717) is 11.5 Å². The Bertz CT molecular complexity index is 470. The molecule has 0 amide bonds. The van der Waals surface area contributed by atoms with Crippen molar-refractivity contribution in [3.05, 3.63) is 47.6 Å². The van der Waals surface area contributed by atoms with Crippen molar-refractivity contribution in [3.63, 3.8) is 0 Å². The van der Waals surface area contributed by atoms with Crippen molar-refractivity contribution in [1.29, 1.82) is 0 Å². The molecule has 1 aromatic carbocycles. The van der Waals surface area contributed by atoms with Gasteiger partial charge in [0, 0.05) is 6.07 Å². The molecule has 2 aromatic rings. The molecule has 0 bridgehead atoms. The van der Waals surface area contributed by atoms with Crippen LogP contribution in [-0.2, 0) is 13.2 Å². The van der Waals surface area contributed by atoms with Gasteiger partial charge in [0.2, 0.25) is 0 Å². The van der Waals surface area contributed by atoms with Gasteiger partial charge >= 0.3 is 0 Å². The second kappa shape index (κ2) is 4.76. The molecule has 1 heterocycles. The summed E-state index contributed by atoms with van der Waals surface area (Å²) in [4.78, 5) is 0. The van der Waals surface area contributed by atoms with Crippen LogP contribution >= 0.6 is 0 Å². The van der Waals surface area contributed by atoms with E-state index in [2.05, 4.69) is 5.16 Å². The second-order valence-corrected chi connectivity index (χ2v) is 3.16. The molecule has 5 heteroatoms. The normalized spacial score (nSPS) is 10.4. The predicted octanol–water partition coefficient (Wildman–Crippen LogP) is 1.88. The van der Waals surface area contributed by atoms with Crippen molar-refractivity contribution in [1.82, 2.24) is 5.16 Å². The number of aliphatic hydroxyl groups excluding tert-OH is 1. The van der Waals surface area contributed by atoms with Crippen molar-refractivity contribution < 1.29 is 18.8 Å². The minimum atomic E-state index is -0.426. The monoisotopic (exact) mass is 223 g/mol. The summed E-state index contributed by atoms with van der Waals surface area (Å²) in [5.41, 5.74) is 0.423. The van der Waals surface area contributed by atoms with Crippen molar-refractivity contribution in [2.75, 3.05) is 0 Å². The highest BCUT2D eigenvalue weighted by Gasteiger charge is 2.06. The fourth-order valence-corrected chi connectivity index (χ4v) is 1.21. The fraction of sp³-hybridized carbons (Fsp3) is 0.182. The maximum atomic E-state index is 13.2. The number of aromatic nitrogens is 1. The van der Waals surface area contributed by atoms with E-state index in [0.717, 1.165) is 0 Å². The predicted molar refractivity (Wildman–Crippen MR) is 53.2 cm³/mol. The van der Waals surface area contributed by atoms with E-state index < -0.39 is 5.82 Å². The Morgan fingerprint density at radius 2 is 2.19 bits per heavy atom. The standard InChI is InChI=1S/C11H10FNO3/c12-10-3-1-2-4-11(10)15-7-9-5-8(6-14)13-16-9/h1-5,14H,6-7H2. The van der Waals surface area contributed by atoms with Crippen LogP contribution in [0.25, 0.3) is 0 Å². The first-order chi connectivity index (χ1) is 7.79. The number of halogens is 1. The van der Waals surface area contributed by atoms with Gasteiger partial charge in [0.15, 0.2) is 17.3 Å². The Balaban J connectivity index is 1.99. The Morgan fingerprint density at radius 1 is 1.38 bits per heavy atom. The molecule has 1 N–H and O–H groups in total. The van der Waals surface area contributed by atoms with Gasteiger partial charge < -0.3 is 14.4 Å². The van der Waals surface area contributed by atoms with E-state index in [-0.39, 0.29) is 19.0 Å². The fourth-order valence-electron chi connectivity index (χ4n) is 1.21. The lowest BCUT2D eigenvalue weighted by Crippen LogP contribution is -1.95. The van der Waals surface area contributed by atoms with E-state index in [1.165, 1.54) is 12.1 Å². The Morgan fingerprint density at radius 3 is 2.88 bits per heavy atom. The molecule has 0 radical (unpaired) electrons. The molecule has 0 atom stereocenters. The summed E-state index contributed by atoms with van der Waals surface area (Å²) in [5, 5.41) is 12.3. The van der Waals surface area contributed by atoms with Crippen molar-refractivity contribution in [2.45, 2.75) is 13.2 Å². The lowest BCUT2D eigenvalue weighted by molar-refractivity contribution is 0.234. The highest BCUT2D eigenvalue weighted by Crippen LogP contribution is 2.17. The van der Waals surface area contributed by atoms with E-state index in [1.54, 1.807) is 18.2 Å². The topological polar surface area (TPSA) is 55.5 Å². The van der Waals surface area contributed by atoms with Crippen molar-refractivity contribution in [2.24, 2.45) is 0 Å². The van der Waals surface area contributed by atoms with Crippen LogP contribution in [0.2, 0.25) is 0 Å². The first-order valence-corrected chi connectivity index (χ1v) is 4.72. The third-order valence-electron chi connectivity index (χ3n) is 1.98. The summed E-state index contributed by atoms with van der Waals surface area (Å²) in [6.45, 7) is -0.114. The van der Waals surface area contributed by atoms with Crippen LogP contribution in [-0.4, -0.2) is 10.3 Å². The molecule has 0 saturated heterocycles. The highest BCUT2D eigenvalue weighted by molar-refractivity contribution is 5.23. The van der Waals surface area contributed by atoms with Gasteiger partial charge in [-0.25, -0.2) is 4.39 Å². The molecule has 1 aromatic heterocycles. The number of rotatable bonds is 4. The van der Waals surface area contributed by atoms with E-state index in [4.69, 9.17) is 14.4 Å². The van der Waals surface area contributed by atoms with Gasteiger partial charge in [-0.05, 0) is 12.1 Å². The van der Waals surface area contributed by atoms with Crippen LogP contribution in [0.1, 0.15) is 11.5 Å². The van der Waals surface area contributed by atoms with Crippen molar-refractivity contribution >= 4 is 0 Å². The molecule has 84 valence electrons. The quantitative estimate of drug-likeness (QED) is 0.859. The number of nitrogens with zero attached hydrogens (tertiary/aromatic N) is 1. The molecular weight excluding hydrogens is 213 g/mol. The van der Waals surface area contributed by atoms with Gasteiger partial charge in [-0.3, -0.25) is 0 Å². The molecule has 0 aliphatic carbocycles. The minimum absolute atomic E-state index is 0.0773. The smallest absolute Gasteiger partial charge is 0.174 e. The van der Waals surface area contributed by atoms with Gasteiger partial charge in [0.1, 0.15) is 12.3 Å². The number of aliphatic hydroxyl groups is 1. The molecule has 0 spiro atoms. The first kappa shape index (κ1) is 10.6. The molecule has 4 nitrogen and oxygen atoms in total. The lowest BCUT2D eigenvalue weighted by atomic mass is 10.3. The summed E-state index contributed by atoms with van der Waals surface area (Å²) in [6, 6.07) is 7.66. The second-order valence-electron chi connectivity index (χ2n) is 3.16. The van der Waals surface area contributed by atoms with Gasteiger partial charge in [-0.1, -0.05) is 17.3 Å². The average molecular weight is 223 g/mol. The van der Waals surface area contributed by atoms with E-state index in [1.807, 2.05) is 0 Å². The van der Waals surface area contributed by atoms with Gasteiger partial charge in [-0.2, -0.15) is 0 Å². The van der Waals surface area contributed by atoms with Crippen LogP contribution < -0.4 is 4.74 Å².